The zero-order chi connectivity index (χ0) is 21.5. The molecule has 5 nitrogen and oxygen atoms in total. The number of amides is 1. The van der Waals surface area contributed by atoms with Crippen LogP contribution in [-0.2, 0) is 24.8 Å². The Labute approximate surface area is 183 Å². The van der Waals surface area contributed by atoms with Crippen LogP contribution in [0.15, 0.2) is 42.6 Å². The van der Waals surface area contributed by atoms with Crippen LogP contribution in [0.1, 0.15) is 51.0 Å². The van der Waals surface area contributed by atoms with E-state index in [4.69, 9.17) is 4.74 Å². The molecule has 1 fully saturated rings. The largest absolute Gasteiger partial charge is 0.376 e. The molecule has 2 aliphatic rings. The van der Waals surface area contributed by atoms with Crippen LogP contribution in [0.2, 0.25) is 0 Å². The van der Waals surface area contributed by atoms with Crippen molar-refractivity contribution in [1.29, 1.82) is 0 Å². The molecule has 2 aliphatic heterocycles. The maximum Gasteiger partial charge on any atom is 0.254 e. The van der Waals surface area contributed by atoms with Crippen LogP contribution >= 0.6 is 0 Å². The maximum atomic E-state index is 13.1. The minimum atomic E-state index is 0.153. The van der Waals surface area contributed by atoms with Crippen molar-refractivity contribution in [2.75, 3.05) is 13.2 Å². The highest BCUT2D eigenvalue weighted by Crippen LogP contribution is 2.32. The summed E-state index contributed by atoms with van der Waals surface area (Å²) >= 11 is 0. The van der Waals surface area contributed by atoms with E-state index >= 15 is 0 Å². The van der Waals surface area contributed by atoms with Crippen LogP contribution in [-0.4, -0.2) is 39.8 Å². The Morgan fingerprint density at radius 1 is 1.13 bits per heavy atom. The lowest BCUT2D eigenvalue weighted by Gasteiger charge is -2.19. The van der Waals surface area contributed by atoms with E-state index in [1.54, 1.807) is 0 Å². The Kier molecular flexibility index (Phi) is 5.14. The summed E-state index contributed by atoms with van der Waals surface area (Å²) in [5.41, 5.74) is 9.18. The third-order valence-electron chi connectivity index (χ3n) is 6.81. The van der Waals surface area contributed by atoms with Crippen LogP contribution in [0.4, 0.5) is 0 Å². The van der Waals surface area contributed by atoms with E-state index in [0.29, 0.717) is 13.1 Å². The maximum absolute atomic E-state index is 13.1. The van der Waals surface area contributed by atoms with Gasteiger partial charge in [-0.2, -0.15) is 5.10 Å². The van der Waals surface area contributed by atoms with Crippen LogP contribution in [0.5, 0.6) is 0 Å². The monoisotopic (exact) mass is 415 g/mol. The predicted molar refractivity (Wildman–Crippen MR) is 121 cm³/mol. The summed E-state index contributed by atoms with van der Waals surface area (Å²) in [6.45, 7) is 6.57. The zero-order valence-corrected chi connectivity index (χ0v) is 18.5. The van der Waals surface area contributed by atoms with Gasteiger partial charge in [-0.3, -0.25) is 9.48 Å². The molecule has 5 rings (SSSR count). The number of carbonyl (C=O) groups excluding carboxylic acids is 1. The van der Waals surface area contributed by atoms with Gasteiger partial charge in [0.25, 0.3) is 5.91 Å². The highest BCUT2D eigenvalue weighted by atomic mass is 16.5. The number of benzene rings is 2. The highest BCUT2D eigenvalue weighted by molar-refractivity contribution is 5.99. The average molecular weight is 416 g/mol. The van der Waals surface area contributed by atoms with E-state index in [0.717, 1.165) is 42.7 Å². The third kappa shape index (κ3) is 3.79. The van der Waals surface area contributed by atoms with Gasteiger partial charge in [0, 0.05) is 44.1 Å². The first-order valence-corrected chi connectivity index (χ1v) is 11.1. The minimum absolute atomic E-state index is 0.153. The molecule has 160 valence electrons. The fourth-order valence-electron chi connectivity index (χ4n) is 4.81. The van der Waals surface area contributed by atoms with Crippen molar-refractivity contribution in [3.63, 3.8) is 0 Å². The van der Waals surface area contributed by atoms with Gasteiger partial charge >= 0.3 is 0 Å². The first-order chi connectivity index (χ1) is 15.0. The van der Waals surface area contributed by atoms with Crippen molar-refractivity contribution >= 4 is 5.91 Å². The molecule has 1 atom stereocenters. The molecule has 0 spiro atoms. The van der Waals surface area contributed by atoms with Crippen LogP contribution in [0, 0.1) is 13.8 Å². The number of hydrogen-bond donors (Lipinski definition) is 0. The van der Waals surface area contributed by atoms with E-state index in [9.17, 15) is 4.79 Å². The molecule has 1 aromatic heterocycles. The van der Waals surface area contributed by atoms with Crippen molar-refractivity contribution in [2.24, 2.45) is 7.05 Å². The molecular formula is C26H29N3O2. The normalized spacial score (nSPS) is 18.1. The van der Waals surface area contributed by atoms with E-state index in [1.165, 1.54) is 27.8 Å². The number of rotatable bonds is 5. The molecule has 1 saturated heterocycles. The predicted octanol–water partition coefficient (Wildman–Crippen LogP) is 4.43. The van der Waals surface area contributed by atoms with Crippen molar-refractivity contribution in [3.05, 3.63) is 76.0 Å². The van der Waals surface area contributed by atoms with Crippen molar-refractivity contribution in [3.8, 4) is 11.3 Å². The molecule has 3 aromatic rings. The van der Waals surface area contributed by atoms with E-state index in [1.807, 2.05) is 28.9 Å². The molecule has 1 amide bonds. The summed E-state index contributed by atoms with van der Waals surface area (Å²) in [4.78, 5) is 15.1. The number of nitrogens with zero attached hydrogens (tertiary/aromatic N) is 3. The number of ether oxygens (including phenoxy) is 1. The van der Waals surface area contributed by atoms with Crippen molar-refractivity contribution in [1.82, 2.24) is 14.7 Å². The number of aromatic nitrogens is 2. The quantitative estimate of drug-likeness (QED) is 0.619. The average Bonchev–Trinajstić information content (AvgIpc) is 3.50. The molecule has 2 aromatic carbocycles. The summed E-state index contributed by atoms with van der Waals surface area (Å²) < 4.78 is 7.58. The molecule has 0 radical (unpaired) electrons. The van der Waals surface area contributed by atoms with Gasteiger partial charge in [-0.1, -0.05) is 24.3 Å². The molecule has 3 heterocycles. The fourth-order valence-corrected chi connectivity index (χ4v) is 4.81. The summed E-state index contributed by atoms with van der Waals surface area (Å²) in [5.74, 6) is 0.153. The Morgan fingerprint density at radius 3 is 2.61 bits per heavy atom. The Bertz CT molecular complexity index is 1120. The summed E-state index contributed by atoms with van der Waals surface area (Å²) in [6, 6.07) is 12.7. The number of carbonyl (C=O) groups is 1. The lowest BCUT2D eigenvalue weighted by atomic mass is 9.91. The van der Waals surface area contributed by atoms with Gasteiger partial charge < -0.3 is 9.64 Å². The number of aryl methyl sites for hydroxylation is 1. The third-order valence-corrected chi connectivity index (χ3v) is 6.81. The lowest BCUT2D eigenvalue weighted by molar-refractivity contribution is 0.0545. The molecule has 0 N–H and O–H groups in total. The summed E-state index contributed by atoms with van der Waals surface area (Å²) in [7, 11) is 1.93. The van der Waals surface area contributed by atoms with Gasteiger partial charge in [0.1, 0.15) is 0 Å². The van der Waals surface area contributed by atoms with Crippen LogP contribution < -0.4 is 0 Å². The van der Waals surface area contributed by atoms with Gasteiger partial charge in [0.05, 0.1) is 11.8 Å². The zero-order valence-electron chi connectivity index (χ0n) is 18.5. The van der Waals surface area contributed by atoms with E-state index in [2.05, 4.69) is 49.3 Å². The van der Waals surface area contributed by atoms with E-state index in [-0.39, 0.29) is 12.0 Å². The number of fused-ring (bicyclic) bond motifs is 1. The molecule has 0 unspecified atom stereocenters. The van der Waals surface area contributed by atoms with Crippen molar-refractivity contribution < 1.29 is 9.53 Å². The second-order valence-electron chi connectivity index (χ2n) is 8.88. The van der Waals surface area contributed by atoms with Crippen LogP contribution in [0.25, 0.3) is 11.3 Å². The molecule has 0 bridgehead atoms. The van der Waals surface area contributed by atoms with Gasteiger partial charge in [0.15, 0.2) is 0 Å². The lowest BCUT2D eigenvalue weighted by Crippen LogP contribution is -2.32. The van der Waals surface area contributed by atoms with Gasteiger partial charge in [-0.15, -0.1) is 0 Å². The number of hydrogen-bond acceptors (Lipinski definition) is 3. The topological polar surface area (TPSA) is 47.4 Å². The van der Waals surface area contributed by atoms with Gasteiger partial charge in [-0.05, 0) is 73.1 Å². The first kappa shape index (κ1) is 20.0. The second-order valence-corrected chi connectivity index (χ2v) is 8.88. The minimum Gasteiger partial charge on any atom is -0.376 e. The summed E-state index contributed by atoms with van der Waals surface area (Å²) in [6.07, 6.45) is 5.12. The summed E-state index contributed by atoms with van der Waals surface area (Å²) in [5, 5.41) is 4.48. The van der Waals surface area contributed by atoms with E-state index < -0.39 is 0 Å². The Hall–Kier alpha value is -2.92. The molecule has 0 saturated carbocycles. The molecule has 31 heavy (non-hydrogen) atoms. The fraction of sp³-hybridized carbons (Fsp3) is 0.385. The van der Waals surface area contributed by atoms with Crippen molar-refractivity contribution in [2.45, 2.75) is 45.8 Å². The standard InChI is InChI=1S/C26H29N3O2/c1-17-18(2)24-16-29(15-22-5-4-12-31-22)26(30)23(24)14-21(17)13-19-6-8-20(9-7-19)25-10-11-28(3)27-25/h6-11,14,22H,4-5,12-13,15-16H2,1-3H3/t22-/m1/s1. The van der Waals surface area contributed by atoms with Crippen LogP contribution in [0.3, 0.4) is 0 Å². The van der Waals surface area contributed by atoms with Gasteiger partial charge in [0.2, 0.25) is 0 Å². The molecule has 0 aliphatic carbocycles. The molecule has 5 heteroatoms. The van der Waals surface area contributed by atoms with Gasteiger partial charge in [-0.25, -0.2) is 0 Å². The first-order valence-electron chi connectivity index (χ1n) is 11.1. The highest BCUT2D eigenvalue weighted by Gasteiger charge is 2.32. The second kappa shape index (κ2) is 7.97. The smallest absolute Gasteiger partial charge is 0.254 e. The Morgan fingerprint density at radius 2 is 1.94 bits per heavy atom. The SMILES string of the molecule is Cc1c(Cc2ccc(-c3ccn(C)n3)cc2)cc2c(c1C)CN(C[C@H]1CCCO1)C2=O. The Balaban J connectivity index is 1.37. The molecular weight excluding hydrogens is 386 g/mol.